The lowest BCUT2D eigenvalue weighted by Crippen LogP contribution is -2.02. The summed E-state index contributed by atoms with van der Waals surface area (Å²) in [5.41, 5.74) is -0.399. The Hall–Kier alpha value is -0.820. The Kier molecular flexibility index (Phi) is 3.10. The number of nitrogens with zero attached hydrogens (tertiary/aromatic N) is 1. The molecule has 0 aliphatic rings. The van der Waals surface area contributed by atoms with Crippen molar-refractivity contribution in [2.45, 2.75) is 12.8 Å². The van der Waals surface area contributed by atoms with Crippen molar-refractivity contribution in [3.05, 3.63) is 16.3 Å². The third-order valence-corrected chi connectivity index (χ3v) is 2.59. The second kappa shape index (κ2) is 3.93. The van der Waals surface area contributed by atoms with Gasteiger partial charge >= 0.3 is 5.69 Å². The third-order valence-electron chi connectivity index (χ3n) is 1.35. The van der Waals surface area contributed by atoms with E-state index in [-0.39, 0.29) is 5.75 Å². The zero-order valence-electron chi connectivity index (χ0n) is 6.58. The van der Waals surface area contributed by atoms with Gasteiger partial charge in [-0.2, -0.15) is 5.10 Å². The minimum Gasteiger partial charge on any atom is -0.293 e. The van der Waals surface area contributed by atoms with Gasteiger partial charge in [0.15, 0.2) is 0 Å². The molecule has 74 valence electrons. The van der Waals surface area contributed by atoms with Crippen molar-refractivity contribution in [3.63, 3.8) is 0 Å². The van der Waals surface area contributed by atoms with Crippen LogP contribution in [0.15, 0.2) is 4.79 Å². The highest BCUT2D eigenvalue weighted by Crippen LogP contribution is 2.01. The van der Waals surface area contributed by atoms with Crippen LogP contribution in [0.25, 0.3) is 0 Å². The summed E-state index contributed by atoms with van der Waals surface area (Å²) < 4.78 is 21.0. The monoisotopic (exact) mass is 225 g/mol. The first-order valence-corrected chi connectivity index (χ1v) is 6.01. The van der Waals surface area contributed by atoms with Crippen LogP contribution in [0.2, 0.25) is 0 Å². The lowest BCUT2D eigenvalue weighted by atomic mass is 10.3. The number of hydrogen-bond donors (Lipinski definition) is 2. The lowest BCUT2D eigenvalue weighted by molar-refractivity contribution is 0.606. The molecule has 0 saturated heterocycles. The zero-order valence-corrected chi connectivity index (χ0v) is 8.15. The highest BCUT2D eigenvalue weighted by Gasteiger charge is 2.05. The van der Waals surface area contributed by atoms with E-state index in [0.717, 1.165) is 0 Å². The number of halogens is 1. The molecule has 0 aliphatic heterocycles. The first-order chi connectivity index (χ1) is 5.97. The fourth-order valence-corrected chi connectivity index (χ4v) is 1.65. The van der Waals surface area contributed by atoms with Crippen molar-refractivity contribution >= 4 is 19.7 Å². The fraction of sp³-hybridized carbons (Fsp3) is 0.600. The molecule has 0 saturated carbocycles. The number of nitrogens with one attached hydrogen (secondary N) is 2. The van der Waals surface area contributed by atoms with Gasteiger partial charge in [-0.15, -0.1) is 0 Å². The second-order valence-electron chi connectivity index (χ2n) is 2.47. The largest absolute Gasteiger partial charge is 0.340 e. The van der Waals surface area contributed by atoms with Gasteiger partial charge in [0.05, 0.1) is 5.75 Å². The van der Waals surface area contributed by atoms with E-state index in [9.17, 15) is 13.2 Å². The summed E-state index contributed by atoms with van der Waals surface area (Å²) in [5.74, 6) is 0.314. The van der Waals surface area contributed by atoms with Crippen molar-refractivity contribution in [1.29, 1.82) is 0 Å². The van der Waals surface area contributed by atoms with Crippen LogP contribution in [-0.2, 0) is 15.5 Å². The Balaban J connectivity index is 2.41. The van der Waals surface area contributed by atoms with Gasteiger partial charge < -0.3 is 0 Å². The zero-order chi connectivity index (χ0) is 9.90. The van der Waals surface area contributed by atoms with Crippen LogP contribution in [0.3, 0.4) is 0 Å². The standard InChI is InChI=1S/C5H8ClN3O3S/c6-13(11,12)3-1-2-4-7-5(10)9-8-4/h1-3H2,(H2,7,8,9,10). The number of H-pyrrole nitrogens is 2. The van der Waals surface area contributed by atoms with Gasteiger partial charge in [0.1, 0.15) is 5.82 Å². The van der Waals surface area contributed by atoms with Crippen LogP contribution in [0.1, 0.15) is 12.2 Å². The van der Waals surface area contributed by atoms with Gasteiger partial charge in [-0.3, -0.25) is 4.98 Å². The topological polar surface area (TPSA) is 95.7 Å². The molecule has 0 aromatic carbocycles. The highest BCUT2D eigenvalue weighted by atomic mass is 35.7. The number of hydrogen-bond acceptors (Lipinski definition) is 4. The summed E-state index contributed by atoms with van der Waals surface area (Å²) in [6.07, 6.45) is 0.720. The Morgan fingerprint density at radius 3 is 2.62 bits per heavy atom. The molecule has 1 heterocycles. The number of aryl methyl sites for hydroxylation is 1. The van der Waals surface area contributed by atoms with E-state index >= 15 is 0 Å². The highest BCUT2D eigenvalue weighted by molar-refractivity contribution is 8.13. The first-order valence-electron chi connectivity index (χ1n) is 3.53. The summed E-state index contributed by atoms with van der Waals surface area (Å²) in [5, 5.41) is 5.78. The molecule has 1 aromatic rings. The SMILES string of the molecule is O=c1[nH]nc(CCCS(=O)(=O)Cl)[nH]1. The molecule has 0 atom stereocenters. The van der Waals surface area contributed by atoms with Gasteiger partial charge in [0.2, 0.25) is 9.05 Å². The predicted molar refractivity (Wildman–Crippen MR) is 47.2 cm³/mol. The normalized spacial score (nSPS) is 11.8. The summed E-state index contributed by atoms with van der Waals surface area (Å²) >= 11 is 0. The lowest BCUT2D eigenvalue weighted by Gasteiger charge is -1.93. The van der Waals surface area contributed by atoms with Gasteiger partial charge in [0.25, 0.3) is 0 Å². The van der Waals surface area contributed by atoms with Crippen LogP contribution in [0.4, 0.5) is 0 Å². The molecular weight excluding hydrogens is 218 g/mol. The maximum atomic E-state index is 10.5. The molecule has 2 N–H and O–H groups in total. The van der Waals surface area contributed by atoms with E-state index in [1.54, 1.807) is 0 Å². The molecule has 0 radical (unpaired) electrons. The van der Waals surface area contributed by atoms with Crippen LogP contribution in [-0.4, -0.2) is 29.4 Å². The molecule has 8 heteroatoms. The molecule has 0 spiro atoms. The summed E-state index contributed by atoms with van der Waals surface area (Å²) in [4.78, 5) is 12.9. The molecular formula is C5H8ClN3O3S. The quantitative estimate of drug-likeness (QED) is 0.682. The first kappa shape index (κ1) is 10.3. The van der Waals surface area contributed by atoms with Gasteiger partial charge in [-0.1, -0.05) is 0 Å². The molecule has 0 fully saturated rings. The van der Waals surface area contributed by atoms with Crippen molar-refractivity contribution in [3.8, 4) is 0 Å². The maximum absolute atomic E-state index is 10.5. The van der Waals surface area contributed by atoms with Crippen LogP contribution in [0.5, 0.6) is 0 Å². The molecule has 1 aromatic heterocycles. The van der Waals surface area contributed by atoms with Crippen molar-refractivity contribution < 1.29 is 8.42 Å². The molecule has 0 amide bonds. The van der Waals surface area contributed by atoms with E-state index < -0.39 is 14.7 Å². The van der Waals surface area contributed by atoms with Crippen LogP contribution < -0.4 is 5.69 Å². The smallest absolute Gasteiger partial charge is 0.293 e. The predicted octanol–water partition coefficient (Wildman–Crippen LogP) is -0.401. The molecule has 1 rings (SSSR count). The number of rotatable bonds is 4. The van der Waals surface area contributed by atoms with E-state index in [1.165, 1.54) is 0 Å². The fourth-order valence-electron chi connectivity index (χ4n) is 0.836. The van der Waals surface area contributed by atoms with Gasteiger partial charge in [-0.05, 0) is 6.42 Å². The summed E-state index contributed by atoms with van der Waals surface area (Å²) in [7, 11) is 1.53. The van der Waals surface area contributed by atoms with Crippen LogP contribution in [0, 0.1) is 0 Å². The molecule has 0 aliphatic carbocycles. The van der Waals surface area contributed by atoms with Crippen molar-refractivity contribution in [2.75, 3.05) is 5.75 Å². The molecule has 13 heavy (non-hydrogen) atoms. The number of aromatic nitrogens is 3. The maximum Gasteiger partial charge on any atom is 0.340 e. The van der Waals surface area contributed by atoms with E-state index in [4.69, 9.17) is 10.7 Å². The molecule has 0 bridgehead atoms. The second-order valence-corrected chi connectivity index (χ2v) is 5.37. The van der Waals surface area contributed by atoms with Crippen molar-refractivity contribution in [2.24, 2.45) is 0 Å². The van der Waals surface area contributed by atoms with Gasteiger partial charge in [0, 0.05) is 17.1 Å². The Morgan fingerprint density at radius 2 is 2.15 bits per heavy atom. The summed E-state index contributed by atoms with van der Waals surface area (Å²) in [6.45, 7) is 0. The molecule has 0 unspecified atom stereocenters. The van der Waals surface area contributed by atoms with E-state index in [1.807, 2.05) is 0 Å². The third kappa shape index (κ3) is 4.09. The average molecular weight is 226 g/mol. The Labute approximate surface area is 78.7 Å². The summed E-state index contributed by atoms with van der Waals surface area (Å²) in [6, 6.07) is 0. The van der Waals surface area contributed by atoms with E-state index in [2.05, 4.69) is 15.2 Å². The minimum atomic E-state index is -3.45. The van der Waals surface area contributed by atoms with E-state index in [0.29, 0.717) is 18.7 Å². The van der Waals surface area contributed by atoms with Crippen LogP contribution >= 0.6 is 10.7 Å². The molecule has 6 nitrogen and oxygen atoms in total. The van der Waals surface area contributed by atoms with Crippen molar-refractivity contribution in [1.82, 2.24) is 15.2 Å². The Bertz CT molecular complexity index is 420. The number of aromatic amines is 2. The Morgan fingerprint density at radius 1 is 1.46 bits per heavy atom. The van der Waals surface area contributed by atoms with Gasteiger partial charge in [-0.25, -0.2) is 18.3 Å². The average Bonchev–Trinajstić information content (AvgIpc) is 2.33. The minimum absolute atomic E-state index is 0.122.